The van der Waals surface area contributed by atoms with Crippen LogP contribution in [0, 0.1) is 0 Å². The second kappa shape index (κ2) is 5.09. The quantitative estimate of drug-likeness (QED) is 0.779. The summed E-state index contributed by atoms with van der Waals surface area (Å²) in [6.45, 7) is 0. The Kier molecular flexibility index (Phi) is 4.03. The zero-order valence-electron chi connectivity index (χ0n) is 8.93. The van der Waals surface area contributed by atoms with E-state index in [1.807, 2.05) is 0 Å². The molecule has 16 heavy (non-hydrogen) atoms. The van der Waals surface area contributed by atoms with Crippen LogP contribution in [0.4, 0.5) is 0 Å². The Morgan fingerprint density at radius 1 is 1.44 bits per heavy atom. The van der Waals surface area contributed by atoms with Crippen molar-refractivity contribution in [3.8, 4) is 0 Å². The van der Waals surface area contributed by atoms with Crippen LogP contribution in [0.15, 0.2) is 29.2 Å². The van der Waals surface area contributed by atoms with Crippen LogP contribution in [0.25, 0.3) is 0 Å². The third-order valence-corrected chi connectivity index (χ3v) is 3.06. The zero-order chi connectivity index (χ0) is 12.2. The van der Waals surface area contributed by atoms with E-state index in [-0.39, 0.29) is 10.8 Å². The van der Waals surface area contributed by atoms with Crippen LogP contribution in [-0.4, -0.2) is 21.4 Å². The van der Waals surface area contributed by atoms with Gasteiger partial charge in [0.15, 0.2) is 0 Å². The molecule has 0 aromatic heterocycles. The lowest BCUT2D eigenvalue weighted by Gasteiger charge is -2.03. The van der Waals surface area contributed by atoms with Gasteiger partial charge in [0, 0.05) is 13.5 Å². The Bertz CT molecular complexity index is 483. The number of hydrogen-bond acceptors (Lipinski definition) is 3. The van der Waals surface area contributed by atoms with Gasteiger partial charge in [-0.15, -0.1) is 0 Å². The third-order valence-electron chi connectivity index (χ3n) is 2.15. The maximum absolute atomic E-state index is 11.1. The van der Waals surface area contributed by atoms with E-state index in [1.54, 1.807) is 19.2 Å². The van der Waals surface area contributed by atoms with Crippen LogP contribution in [0.5, 0.6) is 0 Å². The fourth-order valence-electron chi connectivity index (χ4n) is 1.26. The number of carbonyl (C=O) groups excluding carboxylic acids is 1. The molecule has 0 aliphatic rings. The topological polar surface area (TPSA) is 89.3 Å². The smallest absolute Gasteiger partial charge is 0.238 e. The second-order valence-corrected chi connectivity index (χ2v) is 4.93. The number of primary sulfonamides is 1. The number of nitrogens with one attached hydrogen (secondary N) is 1. The third kappa shape index (κ3) is 3.63. The highest BCUT2D eigenvalue weighted by molar-refractivity contribution is 7.89. The number of benzene rings is 1. The summed E-state index contributed by atoms with van der Waals surface area (Å²) >= 11 is 0. The molecule has 0 saturated heterocycles. The van der Waals surface area contributed by atoms with Crippen LogP contribution in [0.3, 0.4) is 0 Å². The Hall–Kier alpha value is -1.40. The highest BCUT2D eigenvalue weighted by Gasteiger charge is 2.08. The van der Waals surface area contributed by atoms with Gasteiger partial charge in [-0.05, 0) is 24.1 Å². The summed E-state index contributed by atoms with van der Waals surface area (Å²) in [5, 5.41) is 7.50. The van der Waals surface area contributed by atoms with Crippen LogP contribution < -0.4 is 10.5 Å². The molecule has 0 atom stereocenters. The molecule has 0 unspecified atom stereocenters. The number of carbonyl (C=O) groups is 1. The highest BCUT2D eigenvalue weighted by Crippen LogP contribution is 2.11. The molecule has 0 spiro atoms. The molecule has 0 aliphatic heterocycles. The van der Waals surface area contributed by atoms with Crippen LogP contribution in [0.2, 0.25) is 0 Å². The molecule has 0 saturated carbocycles. The number of hydrogen-bond donors (Lipinski definition) is 2. The number of amides is 1. The first-order chi connectivity index (χ1) is 7.43. The molecular formula is C10H14N2O3S. The first-order valence-electron chi connectivity index (χ1n) is 4.76. The van der Waals surface area contributed by atoms with Gasteiger partial charge < -0.3 is 5.32 Å². The van der Waals surface area contributed by atoms with Gasteiger partial charge in [-0.1, -0.05) is 12.1 Å². The normalized spacial score (nSPS) is 11.1. The minimum Gasteiger partial charge on any atom is -0.359 e. The summed E-state index contributed by atoms with van der Waals surface area (Å²) in [7, 11) is -2.11. The van der Waals surface area contributed by atoms with Crippen LogP contribution in [0.1, 0.15) is 12.0 Å². The van der Waals surface area contributed by atoms with E-state index in [2.05, 4.69) is 5.32 Å². The molecule has 0 bridgehead atoms. The molecule has 1 rings (SSSR count). The van der Waals surface area contributed by atoms with Gasteiger partial charge in [-0.25, -0.2) is 13.6 Å². The fourth-order valence-corrected chi connectivity index (χ4v) is 1.84. The van der Waals surface area contributed by atoms with Gasteiger partial charge in [-0.2, -0.15) is 0 Å². The second-order valence-electron chi connectivity index (χ2n) is 3.37. The molecule has 1 aromatic rings. The Balaban J connectivity index is 2.80. The predicted molar refractivity (Wildman–Crippen MR) is 60.2 cm³/mol. The number of aryl methyl sites for hydroxylation is 1. The monoisotopic (exact) mass is 242 g/mol. The zero-order valence-corrected chi connectivity index (χ0v) is 9.75. The SMILES string of the molecule is CNC(=O)CCc1cccc(S(N)(=O)=O)c1. The van der Waals surface area contributed by atoms with E-state index in [4.69, 9.17) is 5.14 Å². The summed E-state index contributed by atoms with van der Waals surface area (Å²) in [5.74, 6) is -0.0824. The highest BCUT2D eigenvalue weighted by atomic mass is 32.2. The average molecular weight is 242 g/mol. The van der Waals surface area contributed by atoms with Gasteiger partial charge >= 0.3 is 0 Å². The summed E-state index contributed by atoms with van der Waals surface area (Å²) < 4.78 is 22.2. The lowest BCUT2D eigenvalue weighted by atomic mass is 10.1. The molecule has 6 heteroatoms. The van der Waals surface area contributed by atoms with Crippen LogP contribution in [-0.2, 0) is 21.2 Å². The molecule has 5 nitrogen and oxygen atoms in total. The van der Waals surface area contributed by atoms with E-state index < -0.39 is 10.0 Å². The Morgan fingerprint density at radius 3 is 2.69 bits per heavy atom. The van der Waals surface area contributed by atoms with Gasteiger partial charge in [0.1, 0.15) is 0 Å². The van der Waals surface area contributed by atoms with Crippen molar-refractivity contribution >= 4 is 15.9 Å². The summed E-state index contributed by atoms with van der Waals surface area (Å²) in [4.78, 5) is 11.1. The summed E-state index contributed by atoms with van der Waals surface area (Å²) in [5.41, 5.74) is 0.773. The first kappa shape index (κ1) is 12.7. The average Bonchev–Trinajstić information content (AvgIpc) is 2.25. The number of nitrogens with two attached hydrogens (primary N) is 1. The molecule has 0 radical (unpaired) electrons. The van der Waals surface area contributed by atoms with E-state index in [9.17, 15) is 13.2 Å². The summed E-state index contributed by atoms with van der Waals surface area (Å²) in [6, 6.07) is 6.29. The molecular weight excluding hydrogens is 228 g/mol. The van der Waals surface area contributed by atoms with E-state index in [0.29, 0.717) is 12.8 Å². The van der Waals surface area contributed by atoms with Crippen molar-refractivity contribution in [2.45, 2.75) is 17.7 Å². The minimum atomic E-state index is -3.67. The van der Waals surface area contributed by atoms with E-state index >= 15 is 0 Å². The Labute approximate surface area is 94.7 Å². The van der Waals surface area contributed by atoms with E-state index in [1.165, 1.54) is 12.1 Å². The Morgan fingerprint density at radius 2 is 2.12 bits per heavy atom. The van der Waals surface area contributed by atoms with Crippen molar-refractivity contribution in [3.63, 3.8) is 0 Å². The predicted octanol–water partition coefficient (Wildman–Crippen LogP) is 0.0126. The van der Waals surface area contributed by atoms with Gasteiger partial charge in [0.25, 0.3) is 0 Å². The molecule has 1 amide bonds. The van der Waals surface area contributed by atoms with Gasteiger partial charge in [0.2, 0.25) is 15.9 Å². The van der Waals surface area contributed by atoms with Gasteiger partial charge in [-0.3, -0.25) is 4.79 Å². The maximum Gasteiger partial charge on any atom is 0.238 e. The number of sulfonamides is 1. The fraction of sp³-hybridized carbons (Fsp3) is 0.300. The molecule has 88 valence electrons. The van der Waals surface area contributed by atoms with Crippen molar-refractivity contribution in [2.75, 3.05) is 7.05 Å². The van der Waals surface area contributed by atoms with Crippen molar-refractivity contribution in [1.82, 2.24) is 5.32 Å². The van der Waals surface area contributed by atoms with E-state index in [0.717, 1.165) is 5.56 Å². The first-order valence-corrected chi connectivity index (χ1v) is 6.30. The van der Waals surface area contributed by atoms with Crippen molar-refractivity contribution in [1.29, 1.82) is 0 Å². The minimum absolute atomic E-state index is 0.0712. The largest absolute Gasteiger partial charge is 0.359 e. The van der Waals surface area contributed by atoms with Gasteiger partial charge in [0.05, 0.1) is 4.90 Å². The van der Waals surface area contributed by atoms with Crippen molar-refractivity contribution in [3.05, 3.63) is 29.8 Å². The summed E-state index contributed by atoms with van der Waals surface area (Å²) in [6.07, 6.45) is 0.813. The lowest BCUT2D eigenvalue weighted by molar-refractivity contribution is -0.120. The van der Waals surface area contributed by atoms with Crippen LogP contribution >= 0.6 is 0 Å². The molecule has 0 heterocycles. The lowest BCUT2D eigenvalue weighted by Crippen LogP contribution is -2.18. The maximum atomic E-state index is 11.1. The van der Waals surface area contributed by atoms with Crippen molar-refractivity contribution < 1.29 is 13.2 Å². The number of rotatable bonds is 4. The molecule has 3 N–H and O–H groups in total. The molecule has 0 aliphatic carbocycles. The molecule has 0 fully saturated rings. The molecule has 1 aromatic carbocycles. The standard InChI is InChI=1S/C10H14N2O3S/c1-12-10(13)6-5-8-3-2-4-9(7-8)16(11,14)15/h2-4,7H,5-6H2,1H3,(H,12,13)(H2,11,14,15). The van der Waals surface area contributed by atoms with Crippen molar-refractivity contribution in [2.24, 2.45) is 5.14 Å².